The van der Waals surface area contributed by atoms with Crippen LogP contribution < -0.4 is 5.32 Å². The largest absolute Gasteiger partial charge is 0.346 e. The van der Waals surface area contributed by atoms with Gasteiger partial charge in [-0.15, -0.1) is 0 Å². The molecule has 140 valence electrons. The van der Waals surface area contributed by atoms with Gasteiger partial charge in [0.2, 0.25) is 11.8 Å². The predicted octanol–water partition coefficient (Wildman–Crippen LogP) is 2.39. The molecule has 2 heterocycles. The number of hydrogen-bond donors (Lipinski definition) is 1. The second kappa shape index (κ2) is 8.97. The Morgan fingerprint density at radius 3 is 2.64 bits per heavy atom. The number of hydrogen-bond acceptors (Lipinski definition) is 4. The zero-order valence-corrected chi connectivity index (χ0v) is 15.9. The first kappa shape index (κ1) is 19.4. The van der Waals surface area contributed by atoms with Crippen LogP contribution in [0.15, 0.2) is 0 Å². The quantitative estimate of drug-likeness (QED) is 0.781. The van der Waals surface area contributed by atoms with Crippen LogP contribution in [0.2, 0.25) is 0 Å². The van der Waals surface area contributed by atoms with Crippen molar-refractivity contribution in [3.8, 4) is 0 Å². The Kier molecular flexibility index (Phi) is 6.96. The molecule has 1 unspecified atom stereocenters. The van der Waals surface area contributed by atoms with E-state index in [0.29, 0.717) is 19.3 Å². The average Bonchev–Trinajstić information content (AvgIpc) is 3.01. The third kappa shape index (κ3) is 5.03. The molecule has 1 atom stereocenters. The minimum Gasteiger partial charge on any atom is -0.346 e. The van der Waals surface area contributed by atoms with E-state index in [1.807, 2.05) is 18.5 Å². The van der Waals surface area contributed by atoms with Crippen LogP contribution in [-0.2, 0) is 16.1 Å². The Morgan fingerprint density at radius 2 is 2.00 bits per heavy atom. The average molecular weight is 349 g/mol. The molecule has 2 rings (SSSR count). The summed E-state index contributed by atoms with van der Waals surface area (Å²) < 4.78 is 1.92. The molecular weight excluding hydrogens is 318 g/mol. The molecule has 0 fully saturated rings. The Balaban J connectivity index is 1.85. The van der Waals surface area contributed by atoms with Crippen LogP contribution in [0.25, 0.3) is 0 Å². The lowest BCUT2D eigenvalue weighted by Crippen LogP contribution is -2.33. The van der Waals surface area contributed by atoms with E-state index in [2.05, 4.69) is 29.2 Å². The van der Waals surface area contributed by atoms with Gasteiger partial charge in [0, 0.05) is 38.4 Å². The van der Waals surface area contributed by atoms with Crippen molar-refractivity contribution in [2.45, 2.75) is 78.3 Å². The summed E-state index contributed by atoms with van der Waals surface area (Å²) >= 11 is 0. The monoisotopic (exact) mass is 349 g/mol. The van der Waals surface area contributed by atoms with Gasteiger partial charge < -0.3 is 10.2 Å². The second-order valence-corrected chi connectivity index (χ2v) is 6.89. The fourth-order valence-electron chi connectivity index (χ4n) is 3.15. The maximum atomic E-state index is 12.3. The number of amides is 2. The smallest absolute Gasteiger partial charge is 0.222 e. The molecule has 1 N–H and O–H groups in total. The van der Waals surface area contributed by atoms with Crippen molar-refractivity contribution in [2.75, 3.05) is 13.1 Å². The zero-order chi connectivity index (χ0) is 18.4. The fraction of sp³-hybridized carbons (Fsp3) is 0.778. The molecule has 0 bridgehead atoms. The summed E-state index contributed by atoms with van der Waals surface area (Å²) in [5.74, 6) is 2.08. The number of nitrogens with one attached hydrogen (secondary N) is 1. The van der Waals surface area contributed by atoms with Crippen molar-refractivity contribution in [1.82, 2.24) is 25.0 Å². The highest BCUT2D eigenvalue weighted by atomic mass is 16.2. The second-order valence-electron chi connectivity index (χ2n) is 6.89. The minimum absolute atomic E-state index is 0.0140. The topological polar surface area (TPSA) is 80.1 Å². The first-order valence-electron chi connectivity index (χ1n) is 9.48. The van der Waals surface area contributed by atoms with Gasteiger partial charge in [0.15, 0.2) is 5.82 Å². The van der Waals surface area contributed by atoms with Crippen LogP contribution in [0.5, 0.6) is 0 Å². The highest BCUT2D eigenvalue weighted by molar-refractivity contribution is 5.79. The van der Waals surface area contributed by atoms with Crippen LogP contribution in [-0.4, -0.2) is 44.6 Å². The number of carbonyl (C=O) groups is 2. The molecule has 25 heavy (non-hydrogen) atoms. The summed E-state index contributed by atoms with van der Waals surface area (Å²) in [6.45, 7) is 10.4. The molecule has 1 aromatic heterocycles. The van der Waals surface area contributed by atoms with Gasteiger partial charge in [0.05, 0.1) is 6.04 Å². The van der Waals surface area contributed by atoms with Gasteiger partial charge in [0.25, 0.3) is 0 Å². The van der Waals surface area contributed by atoms with E-state index in [1.165, 1.54) is 0 Å². The van der Waals surface area contributed by atoms with Gasteiger partial charge in [-0.3, -0.25) is 9.59 Å². The number of carbonyl (C=O) groups excluding carboxylic acids is 2. The Labute approximate surface area is 150 Å². The molecule has 0 radical (unpaired) electrons. The molecular formula is C18H31N5O2. The van der Waals surface area contributed by atoms with Crippen molar-refractivity contribution in [1.29, 1.82) is 0 Å². The molecule has 0 spiro atoms. The highest BCUT2D eigenvalue weighted by Gasteiger charge is 2.26. The first-order valence-corrected chi connectivity index (χ1v) is 9.48. The summed E-state index contributed by atoms with van der Waals surface area (Å²) in [7, 11) is 0. The molecule has 1 aromatic rings. The van der Waals surface area contributed by atoms with Crippen LogP contribution in [0.3, 0.4) is 0 Å². The van der Waals surface area contributed by atoms with Gasteiger partial charge in [0.1, 0.15) is 5.82 Å². The molecule has 0 aromatic carbocycles. The maximum absolute atomic E-state index is 12.3. The van der Waals surface area contributed by atoms with Crippen LogP contribution in [0.1, 0.15) is 83.4 Å². The lowest BCUT2D eigenvalue weighted by molar-refractivity contribution is -0.131. The fourth-order valence-corrected chi connectivity index (χ4v) is 3.15. The number of fused-ring (bicyclic) bond motifs is 1. The van der Waals surface area contributed by atoms with Gasteiger partial charge in [-0.05, 0) is 33.1 Å². The molecule has 1 aliphatic rings. The summed E-state index contributed by atoms with van der Waals surface area (Å²) in [6, 6.07) is -0.0697. The summed E-state index contributed by atoms with van der Waals surface area (Å²) in [4.78, 5) is 30.7. The van der Waals surface area contributed by atoms with Crippen LogP contribution in [0.4, 0.5) is 0 Å². The van der Waals surface area contributed by atoms with Gasteiger partial charge in [-0.1, -0.05) is 13.8 Å². The minimum atomic E-state index is -0.0697. The van der Waals surface area contributed by atoms with Crippen molar-refractivity contribution < 1.29 is 9.59 Å². The molecule has 0 saturated heterocycles. The Morgan fingerprint density at radius 1 is 1.28 bits per heavy atom. The van der Waals surface area contributed by atoms with Gasteiger partial charge in [-0.25, -0.2) is 9.67 Å². The van der Waals surface area contributed by atoms with Crippen molar-refractivity contribution >= 4 is 11.8 Å². The van der Waals surface area contributed by atoms with Crippen molar-refractivity contribution in [3.63, 3.8) is 0 Å². The van der Waals surface area contributed by atoms with E-state index in [9.17, 15) is 9.59 Å². The molecule has 0 saturated carbocycles. The number of rotatable bonds is 8. The maximum Gasteiger partial charge on any atom is 0.222 e. The number of nitrogens with zero attached hydrogens (tertiary/aromatic N) is 4. The third-order valence-electron chi connectivity index (χ3n) is 4.65. The lowest BCUT2D eigenvalue weighted by atomic mass is 10.1. The normalized spacial score (nSPS) is 16.6. The highest BCUT2D eigenvalue weighted by Crippen LogP contribution is 2.25. The molecule has 2 amide bonds. The molecule has 0 aliphatic carbocycles. The van der Waals surface area contributed by atoms with Crippen LogP contribution >= 0.6 is 0 Å². The van der Waals surface area contributed by atoms with Gasteiger partial charge in [-0.2, -0.15) is 5.10 Å². The molecule has 1 aliphatic heterocycles. The van der Waals surface area contributed by atoms with Crippen LogP contribution in [0, 0.1) is 0 Å². The Hall–Kier alpha value is -1.92. The lowest BCUT2D eigenvalue weighted by Gasteiger charge is -2.23. The summed E-state index contributed by atoms with van der Waals surface area (Å²) in [5, 5.41) is 7.61. The summed E-state index contributed by atoms with van der Waals surface area (Å²) in [5.41, 5.74) is 0. The summed E-state index contributed by atoms with van der Waals surface area (Å²) in [6.07, 6.45) is 3.25. The van der Waals surface area contributed by atoms with Crippen molar-refractivity contribution in [3.05, 3.63) is 11.6 Å². The SMILES string of the molecule is CCN(CC)C(=O)CCCC(=O)NC1CCCn2nc(C(C)C)nc21. The van der Waals surface area contributed by atoms with E-state index in [0.717, 1.165) is 44.1 Å². The van der Waals surface area contributed by atoms with Crippen molar-refractivity contribution in [2.24, 2.45) is 0 Å². The first-order chi connectivity index (χ1) is 12.0. The van der Waals surface area contributed by atoms with Gasteiger partial charge >= 0.3 is 0 Å². The molecule has 7 nitrogen and oxygen atoms in total. The third-order valence-corrected chi connectivity index (χ3v) is 4.65. The number of aromatic nitrogens is 3. The predicted molar refractivity (Wildman–Crippen MR) is 96.0 cm³/mol. The zero-order valence-electron chi connectivity index (χ0n) is 15.9. The Bertz CT molecular complexity index is 592. The van der Waals surface area contributed by atoms with E-state index in [-0.39, 0.29) is 23.8 Å². The van der Waals surface area contributed by atoms with E-state index in [4.69, 9.17) is 0 Å². The van der Waals surface area contributed by atoms with E-state index in [1.54, 1.807) is 4.90 Å². The van der Waals surface area contributed by atoms with E-state index < -0.39 is 0 Å². The number of aryl methyl sites for hydroxylation is 1. The molecule has 7 heteroatoms. The van der Waals surface area contributed by atoms with E-state index >= 15 is 0 Å². The standard InChI is InChI=1S/C18H31N5O2/c1-5-22(6-2)16(25)11-7-10-15(24)19-14-9-8-12-23-18(14)20-17(21-23)13(3)4/h13-14H,5-12H2,1-4H3,(H,19,24).